The number of aromatic nitrogens is 3. The van der Waals surface area contributed by atoms with Crippen LogP contribution in [0.5, 0.6) is 0 Å². The molecule has 4 heteroatoms. The van der Waals surface area contributed by atoms with E-state index in [0.29, 0.717) is 5.82 Å². The van der Waals surface area contributed by atoms with Gasteiger partial charge >= 0.3 is 0 Å². The number of aromatic amines is 1. The quantitative estimate of drug-likeness (QED) is 0.781. The second-order valence-electron chi connectivity index (χ2n) is 3.48. The monoisotopic (exact) mass is 202 g/mol. The van der Waals surface area contributed by atoms with E-state index >= 15 is 0 Å². The van der Waals surface area contributed by atoms with Crippen molar-refractivity contribution in [2.45, 2.75) is 20.3 Å². The number of hydrogen-bond acceptors (Lipinski definition) is 3. The average Bonchev–Trinajstić information content (AvgIpc) is 2.61. The van der Waals surface area contributed by atoms with Gasteiger partial charge in [0.15, 0.2) is 0 Å². The van der Waals surface area contributed by atoms with Crippen LogP contribution in [0, 0.1) is 6.92 Å². The molecule has 0 aromatic carbocycles. The van der Waals surface area contributed by atoms with Crippen LogP contribution in [0.1, 0.15) is 18.4 Å². The minimum absolute atomic E-state index is 0.530. The van der Waals surface area contributed by atoms with E-state index in [2.05, 4.69) is 21.9 Å². The van der Waals surface area contributed by atoms with Crippen LogP contribution in [0.4, 0.5) is 5.82 Å². The van der Waals surface area contributed by atoms with Crippen molar-refractivity contribution in [2.24, 2.45) is 0 Å². The highest BCUT2D eigenvalue weighted by molar-refractivity contribution is 5.61. The van der Waals surface area contributed by atoms with Crippen LogP contribution in [0.3, 0.4) is 0 Å². The summed E-state index contributed by atoms with van der Waals surface area (Å²) in [5.74, 6) is 1.53. The van der Waals surface area contributed by atoms with Crippen LogP contribution >= 0.6 is 0 Å². The molecule has 0 fully saturated rings. The van der Waals surface area contributed by atoms with E-state index in [9.17, 15) is 0 Å². The summed E-state index contributed by atoms with van der Waals surface area (Å²) in [6, 6.07) is 3.72. The van der Waals surface area contributed by atoms with Crippen LogP contribution in [0.15, 0.2) is 18.3 Å². The Bertz CT molecular complexity index is 456. The predicted molar refractivity (Wildman–Crippen MR) is 60.3 cm³/mol. The molecule has 2 heterocycles. The highest BCUT2D eigenvalue weighted by Gasteiger charge is 2.07. The van der Waals surface area contributed by atoms with Gasteiger partial charge in [0.2, 0.25) is 0 Å². The molecule has 2 rings (SSSR count). The largest absolute Gasteiger partial charge is 0.384 e. The van der Waals surface area contributed by atoms with Gasteiger partial charge in [0, 0.05) is 23.9 Å². The van der Waals surface area contributed by atoms with Crippen LogP contribution in [-0.4, -0.2) is 15.0 Å². The van der Waals surface area contributed by atoms with Crippen molar-refractivity contribution in [3.63, 3.8) is 0 Å². The van der Waals surface area contributed by atoms with Crippen molar-refractivity contribution < 1.29 is 0 Å². The maximum absolute atomic E-state index is 5.53. The third-order valence-electron chi connectivity index (χ3n) is 2.33. The molecule has 2 aromatic rings. The zero-order valence-electron chi connectivity index (χ0n) is 8.91. The van der Waals surface area contributed by atoms with Gasteiger partial charge in [0.1, 0.15) is 11.6 Å². The number of nitrogens with one attached hydrogen (secondary N) is 1. The first-order valence-corrected chi connectivity index (χ1v) is 4.98. The molecule has 0 unspecified atom stereocenters. The molecule has 0 radical (unpaired) electrons. The Labute approximate surface area is 88.6 Å². The molecule has 0 saturated heterocycles. The molecule has 3 N–H and O–H groups in total. The number of anilines is 1. The van der Waals surface area contributed by atoms with E-state index in [0.717, 1.165) is 29.2 Å². The van der Waals surface area contributed by atoms with E-state index in [1.54, 1.807) is 12.3 Å². The lowest BCUT2D eigenvalue weighted by Crippen LogP contribution is -1.90. The topological polar surface area (TPSA) is 67.6 Å². The molecule has 0 aliphatic carbocycles. The van der Waals surface area contributed by atoms with Gasteiger partial charge in [-0.2, -0.15) is 0 Å². The summed E-state index contributed by atoms with van der Waals surface area (Å²) in [6.07, 6.45) is 2.65. The third kappa shape index (κ3) is 1.83. The van der Waals surface area contributed by atoms with Gasteiger partial charge in [-0.1, -0.05) is 6.92 Å². The fourth-order valence-corrected chi connectivity index (χ4v) is 1.52. The summed E-state index contributed by atoms with van der Waals surface area (Å²) in [6.45, 7) is 4.08. The molecule has 0 spiro atoms. The summed E-state index contributed by atoms with van der Waals surface area (Å²) >= 11 is 0. The van der Waals surface area contributed by atoms with Gasteiger partial charge in [-0.3, -0.25) is 0 Å². The van der Waals surface area contributed by atoms with Gasteiger partial charge < -0.3 is 10.7 Å². The van der Waals surface area contributed by atoms with Crippen molar-refractivity contribution >= 4 is 5.82 Å². The SMILES string of the molecule is CCc1nc(-c2ccc(N)nc2)c(C)[nH]1. The van der Waals surface area contributed by atoms with Gasteiger partial charge in [-0.05, 0) is 19.1 Å². The maximum Gasteiger partial charge on any atom is 0.123 e. The standard InChI is InChI=1S/C11H14N4/c1-3-10-14-7(2)11(15-10)8-4-5-9(12)13-6-8/h4-6H,3H2,1-2H3,(H2,12,13)(H,14,15). The molecule has 0 amide bonds. The number of nitrogens with zero attached hydrogens (tertiary/aromatic N) is 2. The molecule has 0 saturated carbocycles. The van der Waals surface area contributed by atoms with E-state index in [4.69, 9.17) is 5.73 Å². The first-order chi connectivity index (χ1) is 7.20. The van der Waals surface area contributed by atoms with Crippen molar-refractivity contribution in [1.82, 2.24) is 15.0 Å². The smallest absolute Gasteiger partial charge is 0.123 e. The molecule has 2 aromatic heterocycles. The lowest BCUT2D eigenvalue weighted by atomic mass is 10.2. The number of pyridine rings is 1. The van der Waals surface area contributed by atoms with Crippen molar-refractivity contribution in [2.75, 3.05) is 5.73 Å². The Morgan fingerprint density at radius 2 is 2.20 bits per heavy atom. The van der Waals surface area contributed by atoms with Gasteiger partial charge in [0.05, 0.1) is 5.69 Å². The van der Waals surface area contributed by atoms with Crippen LogP contribution in [0.25, 0.3) is 11.3 Å². The first-order valence-electron chi connectivity index (χ1n) is 4.98. The van der Waals surface area contributed by atoms with Crippen molar-refractivity contribution in [3.8, 4) is 11.3 Å². The van der Waals surface area contributed by atoms with E-state index in [1.165, 1.54) is 0 Å². The summed E-state index contributed by atoms with van der Waals surface area (Å²) in [5.41, 5.74) is 8.56. The molecule has 0 atom stereocenters. The van der Waals surface area contributed by atoms with E-state index < -0.39 is 0 Å². The summed E-state index contributed by atoms with van der Waals surface area (Å²) in [4.78, 5) is 11.8. The number of aryl methyl sites for hydroxylation is 2. The number of H-pyrrole nitrogens is 1. The second-order valence-corrected chi connectivity index (χ2v) is 3.48. The number of nitrogen functional groups attached to an aromatic ring is 1. The highest BCUT2D eigenvalue weighted by atomic mass is 14.9. The van der Waals surface area contributed by atoms with Crippen LogP contribution < -0.4 is 5.73 Å². The zero-order valence-corrected chi connectivity index (χ0v) is 8.91. The van der Waals surface area contributed by atoms with Crippen molar-refractivity contribution in [3.05, 3.63) is 29.8 Å². The molecule has 0 aliphatic rings. The van der Waals surface area contributed by atoms with E-state index in [1.807, 2.05) is 13.0 Å². The number of rotatable bonds is 2. The Balaban J connectivity index is 2.44. The number of hydrogen-bond donors (Lipinski definition) is 2. The zero-order chi connectivity index (χ0) is 10.8. The third-order valence-corrected chi connectivity index (χ3v) is 2.33. The molecule has 0 aliphatic heterocycles. The van der Waals surface area contributed by atoms with Gasteiger partial charge in [0.25, 0.3) is 0 Å². The minimum atomic E-state index is 0.530. The fraction of sp³-hybridized carbons (Fsp3) is 0.273. The van der Waals surface area contributed by atoms with E-state index in [-0.39, 0.29) is 0 Å². The van der Waals surface area contributed by atoms with Crippen LogP contribution in [0.2, 0.25) is 0 Å². The molecular weight excluding hydrogens is 188 g/mol. The molecule has 4 nitrogen and oxygen atoms in total. The Morgan fingerprint density at radius 3 is 2.73 bits per heavy atom. The molecule has 78 valence electrons. The highest BCUT2D eigenvalue weighted by Crippen LogP contribution is 2.20. The maximum atomic E-state index is 5.53. The molecular formula is C11H14N4. The molecule has 15 heavy (non-hydrogen) atoms. The van der Waals surface area contributed by atoms with Gasteiger partial charge in [-0.15, -0.1) is 0 Å². The Hall–Kier alpha value is -1.84. The fourth-order valence-electron chi connectivity index (χ4n) is 1.52. The van der Waals surface area contributed by atoms with Crippen LogP contribution in [-0.2, 0) is 6.42 Å². The van der Waals surface area contributed by atoms with Gasteiger partial charge in [-0.25, -0.2) is 9.97 Å². The number of imidazole rings is 1. The Kier molecular flexibility index (Phi) is 2.41. The van der Waals surface area contributed by atoms with Crippen molar-refractivity contribution in [1.29, 1.82) is 0 Å². The average molecular weight is 202 g/mol. The summed E-state index contributed by atoms with van der Waals surface area (Å²) < 4.78 is 0. The molecule has 0 bridgehead atoms. The minimum Gasteiger partial charge on any atom is -0.384 e. The second kappa shape index (κ2) is 3.73. The predicted octanol–water partition coefficient (Wildman–Crippen LogP) is 1.92. The summed E-state index contributed by atoms with van der Waals surface area (Å²) in [7, 11) is 0. The summed E-state index contributed by atoms with van der Waals surface area (Å²) in [5, 5.41) is 0. The first kappa shape index (κ1) is 9.71. The lowest BCUT2D eigenvalue weighted by molar-refractivity contribution is 0.982. The number of nitrogens with two attached hydrogens (primary N) is 1. The Morgan fingerprint density at radius 1 is 1.40 bits per heavy atom. The lowest BCUT2D eigenvalue weighted by Gasteiger charge is -1.98. The normalized spacial score (nSPS) is 10.5.